The highest BCUT2D eigenvalue weighted by molar-refractivity contribution is 6.30. The minimum absolute atomic E-state index is 0.235. The number of hydrogen-bond donors (Lipinski definition) is 1. The van der Waals surface area contributed by atoms with Crippen molar-refractivity contribution in [3.63, 3.8) is 0 Å². The summed E-state index contributed by atoms with van der Waals surface area (Å²) in [6.45, 7) is 0. The Balaban J connectivity index is 1.87. The van der Waals surface area contributed by atoms with Crippen LogP contribution in [0, 0.1) is 0 Å². The van der Waals surface area contributed by atoms with Gasteiger partial charge in [0.1, 0.15) is 11.4 Å². The van der Waals surface area contributed by atoms with Crippen LogP contribution in [0.5, 0.6) is 5.75 Å². The summed E-state index contributed by atoms with van der Waals surface area (Å²) in [4.78, 5) is 0. The predicted octanol–water partition coefficient (Wildman–Crippen LogP) is 2.70. The maximum Gasteiger partial charge on any atom is 0.126 e. The molecule has 3 rings (SSSR count). The summed E-state index contributed by atoms with van der Waals surface area (Å²) in [6.07, 6.45) is 2.09. The lowest BCUT2D eigenvalue weighted by molar-refractivity contribution is -0.139. The van der Waals surface area contributed by atoms with Gasteiger partial charge in [0, 0.05) is 37.0 Å². The molecule has 0 bridgehead atoms. The van der Waals surface area contributed by atoms with Gasteiger partial charge in [-0.2, -0.15) is 0 Å². The van der Waals surface area contributed by atoms with Crippen LogP contribution < -0.4 is 4.74 Å². The van der Waals surface area contributed by atoms with Gasteiger partial charge in [-0.05, 0) is 18.2 Å². The fraction of sp³-hybridized carbons (Fsp3) is 0.538. The van der Waals surface area contributed by atoms with Crippen LogP contribution in [0.1, 0.15) is 30.9 Å². The number of halogens is 1. The molecule has 17 heavy (non-hydrogen) atoms. The van der Waals surface area contributed by atoms with Gasteiger partial charge in [-0.15, -0.1) is 0 Å². The van der Waals surface area contributed by atoms with Crippen molar-refractivity contribution in [3.8, 4) is 5.75 Å². The Kier molecular flexibility index (Phi) is 2.58. The van der Waals surface area contributed by atoms with Crippen molar-refractivity contribution in [2.45, 2.75) is 37.1 Å². The maximum absolute atomic E-state index is 10.2. The van der Waals surface area contributed by atoms with E-state index in [9.17, 15) is 5.11 Å². The van der Waals surface area contributed by atoms with E-state index in [0.717, 1.165) is 24.2 Å². The first kappa shape index (κ1) is 11.3. The lowest BCUT2D eigenvalue weighted by Crippen LogP contribution is -2.54. The Hall–Kier alpha value is -0.770. The van der Waals surface area contributed by atoms with Gasteiger partial charge < -0.3 is 14.6 Å². The molecule has 92 valence electrons. The average molecular weight is 255 g/mol. The van der Waals surface area contributed by atoms with Crippen molar-refractivity contribution in [1.29, 1.82) is 0 Å². The number of rotatable bonds is 1. The smallest absolute Gasteiger partial charge is 0.126 e. The molecule has 0 aromatic heterocycles. The van der Waals surface area contributed by atoms with Crippen LogP contribution in [0.2, 0.25) is 5.02 Å². The van der Waals surface area contributed by atoms with E-state index in [0.29, 0.717) is 11.4 Å². The zero-order chi connectivity index (χ0) is 12.0. The molecule has 1 aliphatic carbocycles. The third kappa shape index (κ3) is 1.82. The molecule has 1 saturated carbocycles. The molecule has 1 N–H and O–H groups in total. The molecular formula is C13H15ClO3. The molecule has 3 nitrogen and oxygen atoms in total. The van der Waals surface area contributed by atoms with E-state index in [1.807, 2.05) is 6.07 Å². The molecule has 1 fully saturated rings. The Morgan fingerprint density at radius 1 is 1.41 bits per heavy atom. The molecule has 1 heterocycles. The maximum atomic E-state index is 10.2. The van der Waals surface area contributed by atoms with Gasteiger partial charge in [0.2, 0.25) is 0 Å². The van der Waals surface area contributed by atoms with Crippen molar-refractivity contribution < 1.29 is 14.6 Å². The lowest BCUT2D eigenvalue weighted by atomic mass is 9.71. The molecule has 1 spiro atoms. The summed E-state index contributed by atoms with van der Waals surface area (Å²) in [6, 6.07) is 5.40. The highest BCUT2D eigenvalue weighted by Gasteiger charge is 2.50. The summed E-state index contributed by atoms with van der Waals surface area (Å²) in [5.74, 6) is 0.753. The van der Waals surface area contributed by atoms with Crippen molar-refractivity contribution >= 4 is 11.6 Å². The van der Waals surface area contributed by atoms with Crippen molar-refractivity contribution in [3.05, 3.63) is 28.8 Å². The van der Waals surface area contributed by atoms with Crippen molar-refractivity contribution in [1.82, 2.24) is 0 Å². The minimum atomic E-state index is -0.491. The highest BCUT2D eigenvalue weighted by atomic mass is 35.5. The predicted molar refractivity (Wildman–Crippen MR) is 64.4 cm³/mol. The van der Waals surface area contributed by atoms with Gasteiger partial charge in [0.15, 0.2) is 0 Å². The van der Waals surface area contributed by atoms with Gasteiger partial charge in [-0.25, -0.2) is 0 Å². The second-order valence-electron chi connectivity index (χ2n) is 4.95. The Morgan fingerprint density at radius 3 is 2.88 bits per heavy atom. The number of hydrogen-bond acceptors (Lipinski definition) is 3. The van der Waals surface area contributed by atoms with E-state index in [-0.39, 0.29) is 11.7 Å². The first-order valence-electron chi connectivity index (χ1n) is 5.81. The average Bonchev–Trinajstić information content (AvgIpc) is 2.26. The summed E-state index contributed by atoms with van der Waals surface area (Å²) >= 11 is 5.92. The monoisotopic (exact) mass is 254 g/mol. The topological polar surface area (TPSA) is 38.7 Å². The summed E-state index contributed by atoms with van der Waals surface area (Å²) < 4.78 is 11.3. The number of ether oxygens (including phenoxy) is 2. The molecule has 0 saturated heterocycles. The fourth-order valence-corrected chi connectivity index (χ4v) is 2.98. The second-order valence-corrected chi connectivity index (χ2v) is 5.39. The van der Waals surface area contributed by atoms with Gasteiger partial charge >= 0.3 is 0 Å². The molecule has 0 radical (unpaired) electrons. The number of aliphatic hydroxyl groups is 1. The zero-order valence-corrected chi connectivity index (χ0v) is 10.4. The van der Waals surface area contributed by atoms with E-state index in [4.69, 9.17) is 21.1 Å². The quantitative estimate of drug-likeness (QED) is 0.838. The van der Waals surface area contributed by atoms with Gasteiger partial charge in [0.05, 0.1) is 12.2 Å². The van der Waals surface area contributed by atoms with Crippen LogP contribution in [-0.2, 0) is 4.74 Å². The zero-order valence-electron chi connectivity index (χ0n) is 9.65. The molecular weight excluding hydrogens is 240 g/mol. The normalized spacial score (nSPS) is 35.0. The number of benzene rings is 1. The molecule has 0 amide bonds. The van der Waals surface area contributed by atoms with Crippen LogP contribution in [0.15, 0.2) is 18.2 Å². The van der Waals surface area contributed by atoms with Crippen LogP contribution in [0.4, 0.5) is 0 Å². The summed E-state index contributed by atoms with van der Waals surface area (Å²) in [5, 5.41) is 10.8. The van der Waals surface area contributed by atoms with E-state index in [1.165, 1.54) is 0 Å². The molecule has 1 aromatic rings. The van der Waals surface area contributed by atoms with Crippen LogP contribution in [0.3, 0.4) is 0 Å². The van der Waals surface area contributed by atoms with E-state index < -0.39 is 6.10 Å². The van der Waals surface area contributed by atoms with Gasteiger partial charge in [0.25, 0.3) is 0 Å². The molecule has 4 heteroatoms. The largest absolute Gasteiger partial charge is 0.487 e. The number of fused-ring (bicyclic) bond motifs is 1. The number of methoxy groups -OCH3 is 1. The van der Waals surface area contributed by atoms with Crippen LogP contribution in [-0.4, -0.2) is 23.9 Å². The molecule has 1 atom stereocenters. The Labute approximate surface area is 105 Å². The lowest BCUT2D eigenvalue weighted by Gasteiger charge is -2.50. The van der Waals surface area contributed by atoms with Crippen molar-refractivity contribution in [2.24, 2.45) is 0 Å². The van der Waals surface area contributed by atoms with E-state index in [1.54, 1.807) is 19.2 Å². The van der Waals surface area contributed by atoms with E-state index in [2.05, 4.69) is 0 Å². The van der Waals surface area contributed by atoms with E-state index >= 15 is 0 Å². The standard InChI is InChI=1S/C13H15ClO3/c1-16-9-5-13(6-9)7-11(15)10-4-8(14)2-3-12(10)17-13/h2-4,9,11,15H,5-7H2,1H3/t9?,11-,13?/m0/s1. The second kappa shape index (κ2) is 3.87. The SMILES string of the molecule is COC1CC2(C1)C[C@H](O)c1cc(Cl)ccc1O2. The Bertz CT molecular complexity index is 440. The minimum Gasteiger partial charge on any atom is -0.487 e. The summed E-state index contributed by atoms with van der Waals surface area (Å²) in [7, 11) is 1.71. The highest BCUT2D eigenvalue weighted by Crippen LogP contribution is 2.49. The Morgan fingerprint density at radius 2 is 2.18 bits per heavy atom. The molecule has 1 aliphatic heterocycles. The first-order chi connectivity index (χ1) is 8.12. The molecule has 0 unspecified atom stereocenters. The molecule has 2 aliphatic rings. The number of aliphatic hydroxyl groups excluding tert-OH is 1. The van der Waals surface area contributed by atoms with Crippen molar-refractivity contribution in [2.75, 3.05) is 7.11 Å². The fourth-order valence-electron chi connectivity index (χ4n) is 2.80. The molecule has 1 aromatic carbocycles. The van der Waals surface area contributed by atoms with Crippen LogP contribution in [0.25, 0.3) is 0 Å². The van der Waals surface area contributed by atoms with Crippen LogP contribution >= 0.6 is 11.6 Å². The third-order valence-electron chi connectivity index (χ3n) is 3.76. The first-order valence-corrected chi connectivity index (χ1v) is 6.19. The third-order valence-corrected chi connectivity index (χ3v) is 3.99. The summed E-state index contributed by atoms with van der Waals surface area (Å²) in [5.41, 5.74) is 0.560. The van der Waals surface area contributed by atoms with Gasteiger partial charge in [-0.1, -0.05) is 11.6 Å². The van der Waals surface area contributed by atoms with Gasteiger partial charge in [-0.3, -0.25) is 0 Å².